The van der Waals surface area contributed by atoms with Gasteiger partial charge in [0, 0.05) is 32.4 Å². The van der Waals surface area contributed by atoms with Crippen LogP contribution in [0.1, 0.15) is 35.7 Å². The van der Waals surface area contributed by atoms with Gasteiger partial charge in [0.25, 0.3) is 5.56 Å². The molecule has 0 amide bonds. The van der Waals surface area contributed by atoms with Crippen molar-refractivity contribution in [2.45, 2.75) is 39.6 Å². The number of fused-ring (bicyclic) bond motifs is 1. The lowest BCUT2D eigenvalue weighted by atomic mass is 10.2. The number of hydrogen-bond donors (Lipinski definition) is 1. The molecule has 0 bridgehead atoms. The van der Waals surface area contributed by atoms with Crippen LogP contribution in [0.15, 0.2) is 41.2 Å². The third-order valence-electron chi connectivity index (χ3n) is 5.38. The van der Waals surface area contributed by atoms with E-state index < -0.39 is 6.10 Å². The maximum atomic E-state index is 13.1. The molecule has 1 N–H and O–H groups in total. The molecule has 4 rings (SSSR count). The number of aliphatic hydroxyl groups excluding tert-OH is 1. The summed E-state index contributed by atoms with van der Waals surface area (Å²) in [5.74, 6) is 0. The lowest BCUT2D eigenvalue weighted by Crippen LogP contribution is -2.35. The van der Waals surface area contributed by atoms with Crippen molar-refractivity contribution in [3.63, 3.8) is 0 Å². The van der Waals surface area contributed by atoms with Crippen LogP contribution >= 0.6 is 0 Å². The normalized spacial score (nSPS) is 15.7. The first kappa shape index (κ1) is 17.8. The second-order valence-corrected chi connectivity index (χ2v) is 7.21. The Hall–Kier alpha value is -2.64. The van der Waals surface area contributed by atoms with Crippen molar-refractivity contribution in [1.82, 2.24) is 24.0 Å². The summed E-state index contributed by atoms with van der Waals surface area (Å²) in [6.07, 6.45) is -0.564. The van der Waals surface area contributed by atoms with Gasteiger partial charge in [-0.05, 0) is 32.0 Å². The van der Waals surface area contributed by atoms with Gasteiger partial charge in [0.15, 0.2) is 0 Å². The third-order valence-corrected chi connectivity index (χ3v) is 5.38. The van der Waals surface area contributed by atoms with Crippen LogP contribution in [0.5, 0.6) is 0 Å². The summed E-state index contributed by atoms with van der Waals surface area (Å²) in [5.41, 5.74) is 4.49. The minimum Gasteiger partial charge on any atom is -0.387 e. The van der Waals surface area contributed by atoms with Gasteiger partial charge in [-0.25, -0.2) is 4.68 Å². The van der Waals surface area contributed by atoms with Gasteiger partial charge >= 0.3 is 0 Å². The Morgan fingerprint density at radius 3 is 2.67 bits per heavy atom. The topological polar surface area (TPSA) is 68.2 Å². The predicted molar refractivity (Wildman–Crippen MR) is 103 cm³/mol. The van der Waals surface area contributed by atoms with Crippen LogP contribution in [0.4, 0.5) is 0 Å². The second-order valence-electron chi connectivity index (χ2n) is 7.21. The SMILES string of the molecule is Cc1c(CN2CCn3nc(C(C)O)cc3C2)c(=O)n(-c2ccccc2)n1C. The molecule has 1 unspecified atom stereocenters. The largest absolute Gasteiger partial charge is 0.387 e. The molecule has 0 radical (unpaired) electrons. The van der Waals surface area contributed by atoms with Gasteiger partial charge in [0.05, 0.1) is 35.3 Å². The highest BCUT2D eigenvalue weighted by atomic mass is 16.3. The molecule has 142 valence electrons. The Balaban J connectivity index is 1.61. The number of nitrogens with zero attached hydrogens (tertiary/aromatic N) is 5. The van der Waals surface area contributed by atoms with Crippen molar-refractivity contribution in [1.29, 1.82) is 0 Å². The van der Waals surface area contributed by atoms with Crippen LogP contribution in [0, 0.1) is 6.92 Å². The molecule has 27 heavy (non-hydrogen) atoms. The van der Waals surface area contributed by atoms with Gasteiger partial charge < -0.3 is 5.11 Å². The van der Waals surface area contributed by atoms with Crippen LogP contribution in [-0.2, 0) is 26.7 Å². The minimum absolute atomic E-state index is 0.0324. The number of aromatic nitrogens is 4. The van der Waals surface area contributed by atoms with E-state index in [1.165, 1.54) is 0 Å². The van der Waals surface area contributed by atoms with Gasteiger partial charge in [-0.2, -0.15) is 5.10 Å². The lowest BCUT2D eigenvalue weighted by molar-refractivity contribution is 0.189. The number of rotatable bonds is 4. The molecule has 1 aliphatic rings. The highest BCUT2D eigenvalue weighted by molar-refractivity contribution is 5.33. The molecular formula is C20H25N5O2. The predicted octanol–water partition coefficient (Wildman–Crippen LogP) is 1.75. The fourth-order valence-electron chi connectivity index (χ4n) is 3.71. The zero-order valence-corrected chi connectivity index (χ0v) is 16.0. The molecule has 1 aromatic carbocycles. The van der Waals surface area contributed by atoms with E-state index in [2.05, 4.69) is 10.00 Å². The maximum absolute atomic E-state index is 13.1. The van der Waals surface area contributed by atoms with Crippen molar-refractivity contribution >= 4 is 0 Å². The average molecular weight is 367 g/mol. The first-order valence-electron chi connectivity index (χ1n) is 9.25. The van der Waals surface area contributed by atoms with Crippen LogP contribution < -0.4 is 5.56 Å². The molecule has 1 aliphatic heterocycles. The minimum atomic E-state index is -0.564. The van der Waals surface area contributed by atoms with Crippen molar-refractivity contribution in [3.05, 3.63) is 69.4 Å². The zero-order chi connectivity index (χ0) is 19.1. The van der Waals surface area contributed by atoms with E-state index in [-0.39, 0.29) is 5.56 Å². The molecule has 0 spiro atoms. The molecule has 0 saturated heterocycles. The van der Waals surface area contributed by atoms with Gasteiger partial charge in [-0.15, -0.1) is 0 Å². The van der Waals surface area contributed by atoms with Gasteiger partial charge in [0.1, 0.15) is 0 Å². The summed E-state index contributed by atoms with van der Waals surface area (Å²) in [5, 5.41) is 14.2. The highest BCUT2D eigenvalue weighted by Gasteiger charge is 2.23. The molecule has 3 aromatic rings. The highest BCUT2D eigenvalue weighted by Crippen LogP contribution is 2.20. The number of aliphatic hydroxyl groups is 1. The first-order valence-corrected chi connectivity index (χ1v) is 9.25. The Kier molecular flexibility index (Phi) is 4.49. The quantitative estimate of drug-likeness (QED) is 0.763. The molecule has 7 heteroatoms. The summed E-state index contributed by atoms with van der Waals surface area (Å²) in [6, 6.07) is 11.7. The zero-order valence-electron chi connectivity index (χ0n) is 16.0. The van der Waals surface area contributed by atoms with E-state index in [1.54, 1.807) is 11.6 Å². The standard InChI is InChI=1S/C20H25N5O2/c1-14-18(20(27)25(22(14)3)16-7-5-4-6-8-16)13-23-9-10-24-17(12-23)11-19(21-24)15(2)26/h4-8,11,15,26H,9-10,12-13H2,1-3H3. The van der Waals surface area contributed by atoms with Crippen LogP contribution in [0.2, 0.25) is 0 Å². The molecular weight excluding hydrogens is 342 g/mol. The summed E-state index contributed by atoms with van der Waals surface area (Å²) >= 11 is 0. The van der Waals surface area contributed by atoms with Crippen LogP contribution in [-0.4, -0.2) is 35.7 Å². The molecule has 3 heterocycles. The monoisotopic (exact) mass is 367 g/mol. The van der Waals surface area contributed by atoms with E-state index in [9.17, 15) is 9.90 Å². The number of benzene rings is 1. The summed E-state index contributed by atoms with van der Waals surface area (Å²) < 4.78 is 5.61. The molecule has 0 aliphatic carbocycles. The molecule has 1 atom stereocenters. The van der Waals surface area contributed by atoms with Crippen LogP contribution in [0.25, 0.3) is 5.69 Å². The van der Waals surface area contributed by atoms with E-state index in [1.807, 2.05) is 59.7 Å². The summed E-state index contributed by atoms with van der Waals surface area (Å²) in [4.78, 5) is 15.4. The van der Waals surface area contributed by atoms with Gasteiger partial charge in [0.2, 0.25) is 0 Å². The molecule has 7 nitrogen and oxygen atoms in total. The smallest absolute Gasteiger partial charge is 0.276 e. The summed E-state index contributed by atoms with van der Waals surface area (Å²) in [6.45, 7) is 6.64. The van der Waals surface area contributed by atoms with Crippen LogP contribution in [0.3, 0.4) is 0 Å². The fraction of sp³-hybridized carbons (Fsp3) is 0.400. The molecule has 0 fully saturated rings. The Bertz CT molecular complexity index is 1010. The van der Waals surface area contributed by atoms with E-state index in [0.29, 0.717) is 12.2 Å². The Morgan fingerprint density at radius 2 is 1.96 bits per heavy atom. The van der Waals surface area contributed by atoms with Crippen molar-refractivity contribution in [3.8, 4) is 5.69 Å². The van der Waals surface area contributed by atoms with E-state index in [4.69, 9.17) is 0 Å². The average Bonchev–Trinajstić information content (AvgIpc) is 3.17. The number of hydrogen-bond acceptors (Lipinski definition) is 4. The second kappa shape index (κ2) is 6.83. The fourth-order valence-corrected chi connectivity index (χ4v) is 3.71. The van der Waals surface area contributed by atoms with E-state index in [0.717, 1.165) is 42.3 Å². The maximum Gasteiger partial charge on any atom is 0.276 e. The Morgan fingerprint density at radius 1 is 1.22 bits per heavy atom. The molecule has 0 saturated carbocycles. The molecule has 2 aromatic heterocycles. The van der Waals surface area contributed by atoms with Crippen molar-refractivity contribution in [2.24, 2.45) is 7.05 Å². The lowest BCUT2D eigenvalue weighted by Gasteiger charge is -2.27. The summed E-state index contributed by atoms with van der Waals surface area (Å²) in [7, 11) is 1.92. The van der Waals surface area contributed by atoms with Crippen molar-refractivity contribution < 1.29 is 5.11 Å². The third kappa shape index (κ3) is 3.13. The van der Waals surface area contributed by atoms with Gasteiger partial charge in [-0.3, -0.25) is 19.1 Å². The Labute approximate surface area is 158 Å². The van der Waals surface area contributed by atoms with Crippen molar-refractivity contribution in [2.75, 3.05) is 6.54 Å². The first-order chi connectivity index (χ1) is 13.0. The number of para-hydroxylation sites is 1. The van der Waals surface area contributed by atoms with E-state index >= 15 is 0 Å². The van der Waals surface area contributed by atoms with Gasteiger partial charge in [-0.1, -0.05) is 18.2 Å².